The van der Waals surface area contributed by atoms with Crippen LogP contribution in [-0.4, -0.2) is 24.6 Å². The summed E-state index contributed by atoms with van der Waals surface area (Å²) in [7, 11) is 0. The summed E-state index contributed by atoms with van der Waals surface area (Å²) in [6.45, 7) is 5.29. The van der Waals surface area contributed by atoms with Crippen LogP contribution < -0.4 is 10.1 Å². The maximum atomic E-state index is 12.8. The minimum Gasteiger partial charge on any atom is -0.482 e. The van der Waals surface area contributed by atoms with Crippen molar-refractivity contribution in [3.63, 3.8) is 0 Å². The van der Waals surface area contributed by atoms with Crippen LogP contribution in [0.1, 0.15) is 38.7 Å². The van der Waals surface area contributed by atoms with Crippen molar-refractivity contribution < 1.29 is 23.5 Å². The molecule has 0 bridgehead atoms. The van der Waals surface area contributed by atoms with Gasteiger partial charge in [-0.1, -0.05) is 32.0 Å². The van der Waals surface area contributed by atoms with Crippen molar-refractivity contribution in [3.05, 3.63) is 59.9 Å². The Labute approximate surface area is 158 Å². The Bertz CT molecular complexity index is 776. The predicted molar refractivity (Wildman–Crippen MR) is 101 cm³/mol. The monoisotopic (exact) mass is 373 g/mol. The SMILES string of the molecule is CC[C@@H](C)c1ccccc1NC(=O)[C@H](C)OC(=O)COc1ccc(F)cc1. The van der Waals surface area contributed by atoms with Crippen molar-refractivity contribution in [1.82, 2.24) is 0 Å². The molecule has 1 amide bonds. The lowest BCUT2D eigenvalue weighted by Gasteiger charge is -2.18. The summed E-state index contributed by atoms with van der Waals surface area (Å²) in [6, 6.07) is 12.8. The summed E-state index contributed by atoms with van der Waals surface area (Å²) < 4.78 is 23.2. The zero-order valence-electron chi connectivity index (χ0n) is 15.7. The highest BCUT2D eigenvalue weighted by Gasteiger charge is 2.20. The molecule has 0 spiro atoms. The second-order valence-corrected chi connectivity index (χ2v) is 6.26. The number of benzene rings is 2. The van der Waals surface area contributed by atoms with Crippen LogP contribution in [0.3, 0.4) is 0 Å². The highest BCUT2D eigenvalue weighted by Crippen LogP contribution is 2.26. The minimum atomic E-state index is -0.973. The van der Waals surface area contributed by atoms with Crippen LogP contribution in [-0.2, 0) is 14.3 Å². The van der Waals surface area contributed by atoms with Crippen LogP contribution >= 0.6 is 0 Å². The molecule has 0 aliphatic heterocycles. The lowest BCUT2D eigenvalue weighted by Crippen LogP contribution is -2.32. The zero-order chi connectivity index (χ0) is 19.8. The maximum absolute atomic E-state index is 12.8. The molecule has 2 aromatic carbocycles. The largest absolute Gasteiger partial charge is 0.482 e. The number of halogens is 1. The standard InChI is InChI=1S/C21H24FNO4/c1-4-14(2)18-7-5-6-8-19(18)23-21(25)15(3)27-20(24)13-26-17-11-9-16(22)10-12-17/h5-12,14-15H,4,13H2,1-3H3,(H,23,25)/t14-,15+/m1/s1. The number of esters is 1. The van der Waals surface area contributed by atoms with E-state index in [1.807, 2.05) is 24.3 Å². The molecule has 0 saturated heterocycles. The van der Waals surface area contributed by atoms with Crippen LogP contribution in [0.25, 0.3) is 0 Å². The van der Waals surface area contributed by atoms with Gasteiger partial charge in [0.1, 0.15) is 11.6 Å². The molecule has 2 atom stereocenters. The van der Waals surface area contributed by atoms with Crippen LogP contribution in [0.4, 0.5) is 10.1 Å². The quantitative estimate of drug-likeness (QED) is 0.701. The number of rotatable bonds is 8. The molecule has 2 rings (SSSR count). The first kappa shape index (κ1) is 20.4. The third kappa shape index (κ3) is 6.09. The van der Waals surface area contributed by atoms with Gasteiger partial charge in [-0.25, -0.2) is 9.18 Å². The number of para-hydroxylation sites is 1. The summed E-state index contributed by atoms with van der Waals surface area (Å²) in [5.74, 6) is -0.859. The topological polar surface area (TPSA) is 64.6 Å². The van der Waals surface area contributed by atoms with E-state index in [4.69, 9.17) is 9.47 Å². The zero-order valence-corrected chi connectivity index (χ0v) is 15.7. The van der Waals surface area contributed by atoms with E-state index in [9.17, 15) is 14.0 Å². The van der Waals surface area contributed by atoms with E-state index >= 15 is 0 Å². The summed E-state index contributed by atoms with van der Waals surface area (Å²) in [5, 5.41) is 2.81. The fraction of sp³-hybridized carbons (Fsp3) is 0.333. The third-order valence-corrected chi connectivity index (χ3v) is 4.21. The highest BCUT2D eigenvalue weighted by atomic mass is 19.1. The molecule has 0 saturated carbocycles. The van der Waals surface area contributed by atoms with Crippen LogP contribution in [0, 0.1) is 5.82 Å². The van der Waals surface area contributed by atoms with Gasteiger partial charge in [0.15, 0.2) is 12.7 Å². The van der Waals surface area contributed by atoms with Gasteiger partial charge in [-0.2, -0.15) is 0 Å². The minimum absolute atomic E-state index is 0.295. The average Bonchev–Trinajstić information content (AvgIpc) is 2.67. The lowest BCUT2D eigenvalue weighted by atomic mass is 9.97. The van der Waals surface area contributed by atoms with E-state index in [0.29, 0.717) is 17.4 Å². The van der Waals surface area contributed by atoms with Crippen molar-refractivity contribution in [2.75, 3.05) is 11.9 Å². The van der Waals surface area contributed by atoms with Crippen molar-refractivity contribution >= 4 is 17.6 Å². The maximum Gasteiger partial charge on any atom is 0.344 e. The normalized spacial score (nSPS) is 12.7. The van der Waals surface area contributed by atoms with E-state index < -0.39 is 23.8 Å². The molecular weight excluding hydrogens is 349 g/mol. The Morgan fingerprint density at radius 2 is 1.74 bits per heavy atom. The molecule has 0 aliphatic rings. The molecule has 144 valence electrons. The summed E-state index contributed by atoms with van der Waals surface area (Å²) in [4.78, 5) is 24.2. The second-order valence-electron chi connectivity index (χ2n) is 6.26. The van der Waals surface area contributed by atoms with Gasteiger partial charge < -0.3 is 14.8 Å². The Morgan fingerprint density at radius 3 is 2.41 bits per heavy atom. The number of hydrogen-bond donors (Lipinski definition) is 1. The molecule has 0 fully saturated rings. The molecule has 5 nitrogen and oxygen atoms in total. The Balaban J connectivity index is 1.88. The Kier molecular flexibility index (Phi) is 7.34. The number of hydrogen-bond acceptors (Lipinski definition) is 4. The van der Waals surface area contributed by atoms with Gasteiger partial charge in [0, 0.05) is 5.69 Å². The average molecular weight is 373 g/mol. The van der Waals surface area contributed by atoms with Gasteiger partial charge in [-0.15, -0.1) is 0 Å². The van der Waals surface area contributed by atoms with Gasteiger partial charge >= 0.3 is 5.97 Å². The summed E-state index contributed by atoms with van der Waals surface area (Å²) in [5.41, 5.74) is 1.74. The molecule has 0 aliphatic carbocycles. The molecule has 0 radical (unpaired) electrons. The molecule has 1 N–H and O–H groups in total. The fourth-order valence-electron chi connectivity index (χ4n) is 2.45. The van der Waals surface area contributed by atoms with E-state index in [2.05, 4.69) is 19.2 Å². The van der Waals surface area contributed by atoms with Gasteiger partial charge in [0.05, 0.1) is 0 Å². The van der Waals surface area contributed by atoms with Crippen molar-refractivity contribution in [1.29, 1.82) is 0 Å². The van der Waals surface area contributed by atoms with Gasteiger partial charge in [0.25, 0.3) is 5.91 Å². The number of ether oxygens (including phenoxy) is 2. The van der Waals surface area contributed by atoms with Crippen molar-refractivity contribution in [3.8, 4) is 5.75 Å². The van der Waals surface area contributed by atoms with Crippen molar-refractivity contribution in [2.45, 2.75) is 39.2 Å². The molecule has 6 heteroatoms. The van der Waals surface area contributed by atoms with E-state index in [1.165, 1.54) is 31.2 Å². The summed E-state index contributed by atoms with van der Waals surface area (Å²) >= 11 is 0. The molecule has 0 unspecified atom stereocenters. The number of anilines is 1. The Morgan fingerprint density at radius 1 is 1.07 bits per heavy atom. The number of carbonyl (C=O) groups excluding carboxylic acids is 2. The van der Waals surface area contributed by atoms with Crippen LogP contribution in [0.15, 0.2) is 48.5 Å². The van der Waals surface area contributed by atoms with E-state index in [-0.39, 0.29) is 6.61 Å². The smallest absolute Gasteiger partial charge is 0.344 e. The predicted octanol–water partition coefficient (Wildman–Crippen LogP) is 4.29. The molecule has 0 heterocycles. The second kappa shape index (κ2) is 9.71. The first-order valence-electron chi connectivity index (χ1n) is 8.88. The number of nitrogens with one attached hydrogen (secondary N) is 1. The molecule has 0 aromatic heterocycles. The molecule has 2 aromatic rings. The lowest BCUT2D eigenvalue weighted by molar-refractivity contribution is -0.155. The molecule has 27 heavy (non-hydrogen) atoms. The van der Waals surface area contributed by atoms with Gasteiger partial charge in [0.2, 0.25) is 0 Å². The highest BCUT2D eigenvalue weighted by molar-refractivity contribution is 5.95. The van der Waals surface area contributed by atoms with Gasteiger partial charge in [-0.3, -0.25) is 4.79 Å². The third-order valence-electron chi connectivity index (χ3n) is 4.21. The number of carbonyl (C=O) groups is 2. The summed E-state index contributed by atoms with van der Waals surface area (Å²) in [6.07, 6.45) is -0.0303. The number of amides is 1. The van der Waals surface area contributed by atoms with Gasteiger partial charge in [-0.05, 0) is 55.2 Å². The Hall–Kier alpha value is -2.89. The first-order valence-corrected chi connectivity index (χ1v) is 8.88. The van der Waals surface area contributed by atoms with E-state index in [1.54, 1.807) is 0 Å². The van der Waals surface area contributed by atoms with E-state index in [0.717, 1.165) is 12.0 Å². The first-order chi connectivity index (χ1) is 12.9. The van der Waals surface area contributed by atoms with Crippen LogP contribution in [0.5, 0.6) is 5.75 Å². The molecular formula is C21H24FNO4. The van der Waals surface area contributed by atoms with Crippen LogP contribution in [0.2, 0.25) is 0 Å². The van der Waals surface area contributed by atoms with Crippen molar-refractivity contribution in [2.24, 2.45) is 0 Å². The fourth-order valence-corrected chi connectivity index (χ4v) is 2.45.